The lowest BCUT2D eigenvalue weighted by atomic mass is 10.2. The van der Waals surface area contributed by atoms with Gasteiger partial charge < -0.3 is 25.5 Å². The minimum atomic E-state index is -0.529. The van der Waals surface area contributed by atoms with Crippen molar-refractivity contribution in [2.24, 2.45) is 9.98 Å². The quantitative estimate of drug-likeness (QED) is 0.622. The molecule has 136 valence electrons. The minimum absolute atomic E-state index is 0.0746. The highest BCUT2D eigenvalue weighted by atomic mass is 16.3. The van der Waals surface area contributed by atoms with Crippen LogP contribution in [-0.4, -0.2) is 45.6 Å². The van der Waals surface area contributed by atoms with Crippen molar-refractivity contribution in [3.05, 3.63) is 28.9 Å². The number of fused-ring (bicyclic) bond motifs is 1. The SMILES string of the molecule is O=C1N=c2cc(Nc3cc(O)n(CCO)c3O)c(N3CCCC3)cc2=N1. The van der Waals surface area contributed by atoms with E-state index in [1.807, 2.05) is 6.07 Å². The lowest BCUT2D eigenvalue weighted by molar-refractivity contribution is 0.256. The van der Waals surface area contributed by atoms with Gasteiger partial charge in [-0.05, 0) is 25.0 Å². The third kappa shape index (κ3) is 2.76. The third-order valence-corrected chi connectivity index (χ3v) is 4.61. The smallest absolute Gasteiger partial charge is 0.368 e. The Morgan fingerprint density at radius 2 is 1.73 bits per heavy atom. The molecule has 26 heavy (non-hydrogen) atoms. The van der Waals surface area contributed by atoms with E-state index in [0.717, 1.165) is 31.6 Å². The van der Waals surface area contributed by atoms with Crippen LogP contribution in [0.4, 0.5) is 21.9 Å². The van der Waals surface area contributed by atoms with E-state index in [-0.39, 0.29) is 24.9 Å². The van der Waals surface area contributed by atoms with Gasteiger partial charge in [-0.2, -0.15) is 9.98 Å². The minimum Gasteiger partial charge on any atom is -0.494 e. The Balaban J connectivity index is 1.78. The standard InChI is InChI=1S/C17H19N5O4/c23-6-5-22-15(24)9-13(16(22)25)18-12-7-10-11(20-17(26)19-10)8-14(12)21-3-1-2-4-21/h7-9,18,23-25H,1-6H2. The maximum Gasteiger partial charge on any atom is 0.368 e. The average Bonchev–Trinajstić information content (AvgIpc) is 3.30. The van der Waals surface area contributed by atoms with E-state index in [0.29, 0.717) is 22.1 Å². The monoisotopic (exact) mass is 357 g/mol. The van der Waals surface area contributed by atoms with E-state index in [1.54, 1.807) is 6.07 Å². The third-order valence-electron chi connectivity index (χ3n) is 4.61. The van der Waals surface area contributed by atoms with Gasteiger partial charge in [-0.15, -0.1) is 0 Å². The summed E-state index contributed by atoms with van der Waals surface area (Å²) in [6.45, 7) is 1.64. The molecule has 0 bridgehead atoms. The summed E-state index contributed by atoms with van der Waals surface area (Å²) in [6.07, 6.45) is 2.16. The van der Waals surface area contributed by atoms with Crippen molar-refractivity contribution in [3.8, 4) is 11.8 Å². The van der Waals surface area contributed by atoms with Gasteiger partial charge >= 0.3 is 6.03 Å². The van der Waals surface area contributed by atoms with Gasteiger partial charge in [-0.3, -0.25) is 4.57 Å². The number of anilines is 3. The highest BCUT2D eigenvalue weighted by molar-refractivity contribution is 5.81. The molecule has 1 fully saturated rings. The number of amides is 2. The number of aromatic hydroxyl groups is 2. The van der Waals surface area contributed by atoms with Gasteiger partial charge in [0.15, 0.2) is 5.88 Å². The topological polar surface area (TPSA) is 123 Å². The van der Waals surface area contributed by atoms with Crippen molar-refractivity contribution in [1.82, 2.24) is 4.57 Å². The molecule has 1 aromatic heterocycles. The number of aliphatic hydroxyl groups is 1. The fourth-order valence-corrected chi connectivity index (χ4v) is 3.38. The number of aliphatic hydroxyl groups excluding tert-OH is 1. The highest BCUT2D eigenvalue weighted by Crippen LogP contribution is 2.37. The van der Waals surface area contributed by atoms with E-state index in [1.165, 1.54) is 10.6 Å². The maximum atomic E-state index is 11.5. The normalized spacial score (nSPS) is 15.7. The zero-order valence-electron chi connectivity index (χ0n) is 14.0. The number of urea groups is 1. The summed E-state index contributed by atoms with van der Waals surface area (Å²) in [5.74, 6) is -0.333. The van der Waals surface area contributed by atoms with Gasteiger partial charge in [0.05, 0.1) is 35.2 Å². The molecule has 1 saturated heterocycles. The summed E-state index contributed by atoms with van der Waals surface area (Å²) >= 11 is 0. The molecule has 0 spiro atoms. The predicted octanol–water partition coefficient (Wildman–Crippen LogP) is 0.608. The number of rotatable bonds is 5. The van der Waals surface area contributed by atoms with Gasteiger partial charge in [-0.1, -0.05) is 0 Å². The molecule has 0 unspecified atom stereocenters. The van der Waals surface area contributed by atoms with Gasteiger partial charge in [0.2, 0.25) is 5.88 Å². The zero-order valence-corrected chi connectivity index (χ0v) is 14.0. The van der Waals surface area contributed by atoms with Crippen LogP contribution in [-0.2, 0) is 6.54 Å². The van der Waals surface area contributed by atoms with Crippen molar-refractivity contribution < 1.29 is 20.1 Å². The molecule has 0 saturated carbocycles. The molecule has 9 nitrogen and oxygen atoms in total. The Hall–Kier alpha value is -3.07. The summed E-state index contributed by atoms with van der Waals surface area (Å²) in [4.78, 5) is 21.5. The molecule has 0 radical (unpaired) electrons. The number of benzene rings is 1. The Bertz CT molecular complexity index is 992. The number of hydrogen-bond acceptors (Lipinski definition) is 6. The highest BCUT2D eigenvalue weighted by Gasteiger charge is 2.21. The molecule has 2 amide bonds. The van der Waals surface area contributed by atoms with Crippen LogP contribution >= 0.6 is 0 Å². The molecule has 0 atom stereocenters. The van der Waals surface area contributed by atoms with Gasteiger partial charge in [0.1, 0.15) is 5.69 Å². The van der Waals surface area contributed by atoms with Crippen LogP contribution in [0.2, 0.25) is 0 Å². The number of nitrogens with zero attached hydrogens (tertiary/aromatic N) is 4. The van der Waals surface area contributed by atoms with Crippen molar-refractivity contribution >= 4 is 23.1 Å². The summed E-state index contributed by atoms with van der Waals surface area (Å²) in [5, 5.41) is 33.5. The number of carbonyl (C=O) groups excluding carboxylic acids is 1. The summed E-state index contributed by atoms with van der Waals surface area (Å²) in [6, 6.07) is 4.40. The summed E-state index contributed by atoms with van der Waals surface area (Å²) in [7, 11) is 0. The Morgan fingerprint density at radius 1 is 1.04 bits per heavy atom. The summed E-state index contributed by atoms with van der Waals surface area (Å²) in [5.41, 5.74) is 1.83. The maximum absolute atomic E-state index is 11.5. The predicted molar refractivity (Wildman–Crippen MR) is 93.7 cm³/mol. The van der Waals surface area contributed by atoms with Crippen LogP contribution in [0.25, 0.3) is 0 Å². The average molecular weight is 357 g/mol. The fraction of sp³-hybridized carbons (Fsp3) is 0.353. The molecule has 1 aromatic carbocycles. The van der Waals surface area contributed by atoms with E-state index in [4.69, 9.17) is 5.11 Å². The Kier molecular flexibility index (Phi) is 4.00. The number of carbonyl (C=O) groups is 1. The first-order valence-corrected chi connectivity index (χ1v) is 8.46. The van der Waals surface area contributed by atoms with Crippen LogP contribution in [0.1, 0.15) is 12.8 Å². The molecule has 2 aromatic rings. The molecule has 4 N–H and O–H groups in total. The van der Waals surface area contributed by atoms with Gasteiger partial charge in [0, 0.05) is 19.2 Å². The zero-order chi connectivity index (χ0) is 18.3. The largest absolute Gasteiger partial charge is 0.494 e. The van der Waals surface area contributed by atoms with Gasteiger partial charge in [-0.25, -0.2) is 4.79 Å². The summed E-state index contributed by atoms with van der Waals surface area (Å²) < 4.78 is 1.20. The number of nitrogens with one attached hydrogen (secondary N) is 1. The van der Waals surface area contributed by atoms with Crippen molar-refractivity contribution in [2.45, 2.75) is 19.4 Å². The van der Waals surface area contributed by atoms with E-state index < -0.39 is 6.03 Å². The fourth-order valence-electron chi connectivity index (χ4n) is 3.38. The first-order chi connectivity index (χ1) is 12.6. The van der Waals surface area contributed by atoms with Crippen molar-refractivity contribution in [3.63, 3.8) is 0 Å². The second kappa shape index (κ2) is 6.34. The second-order valence-electron chi connectivity index (χ2n) is 6.30. The number of aromatic nitrogens is 1. The van der Waals surface area contributed by atoms with Crippen LogP contribution in [0.3, 0.4) is 0 Å². The molecule has 9 heteroatoms. The molecular formula is C17H19N5O4. The van der Waals surface area contributed by atoms with Gasteiger partial charge in [0.25, 0.3) is 0 Å². The molecular weight excluding hydrogens is 338 g/mol. The molecule has 4 rings (SSSR count). The van der Waals surface area contributed by atoms with Crippen LogP contribution in [0, 0.1) is 0 Å². The van der Waals surface area contributed by atoms with E-state index in [2.05, 4.69) is 20.2 Å². The number of hydrogen-bond donors (Lipinski definition) is 4. The molecule has 2 aliphatic heterocycles. The van der Waals surface area contributed by atoms with E-state index in [9.17, 15) is 15.0 Å². The first-order valence-electron chi connectivity index (χ1n) is 8.46. The van der Waals surface area contributed by atoms with Crippen LogP contribution in [0.15, 0.2) is 28.2 Å². The Labute approximate surface area is 148 Å². The molecule has 3 heterocycles. The van der Waals surface area contributed by atoms with Crippen LogP contribution < -0.4 is 20.9 Å². The second-order valence-corrected chi connectivity index (χ2v) is 6.30. The van der Waals surface area contributed by atoms with Crippen molar-refractivity contribution in [2.75, 3.05) is 29.9 Å². The van der Waals surface area contributed by atoms with Crippen molar-refractivity contribution in [1.29, 1.82) is 0 Å². The van der Waals surface area contributed by atoms with Crippen LogP contribution in [0.5, 0.6) is 11.8 Å². The molecule has 0 aliphatic carbocycles. The lowest BCUT2D eigenvalue weighted by Gasteiger charge is -2.21. The Morgan fingerprint density at radius 3 is 2.42 bits per heavy atom. The van der Waals surface area contributed by atoms with E-state index >= 15 is 0 Å². The first kappa shape index (κ1) is 16.4. The lowest BCUT2D eigenvalue weighted by Crippen LogP contribution is -2.27. The molecule has 2 aliphatic rings.